The second-order valence-electron chi connectivity index (χ2n) is 3.63. The molecule has 90 valence electrons. The maximum Gasteiger partial charge on any atom is 0.0813 e. The van der Waals surface area contributed by atoms with Crippen LogP contribution in [-0.4, -0.2) is 13.2 Å². The summed E-state index contributed by atoms with van der Waals surface area (Å²) in [5.41, 5.74) is 0. The molecule has 0 atom stereocenters. The van der Waals surface area contributed by atoms with Gasteiger partial charge >= 0.3 is 0 Å². The third kappa shape index (κ3) is 5.45. The van der Waals surface area contributed by atoms with E-state index in [0.29, 0.717) is 6.61 Å². The number of allylic oxidation sites excluding steroid dienone is 1. The Morgan fingerprint density at radius 1 is 1.38 bits per heavy atom. The van der Waals surface area contributed by atoms with Gasteiger partial charge in [-0.05, 0) is 32.0 Å². The lowest BCUT2D eigenvalue weighted by molar-refractivity contribution is 0.151. The molecule has 0 saturated carbocycles. The van der Waals surface area contributed by atoms with Gasteiger partial charge in [0.15, 0.2) is 0 Å². The van der Waals surface area contributed by atoms with Crippen molar-refractivity contribution in [1.82, 2.24) is 5.32 Å². The molecule has 0 aliphatic rings. The SMILES string of the molecule is C/C=C/COCc1ccc(CNCCC)s1. The van der Waals surface area contributed by atoms with Crippen molar-refractivity contribution in [2.75, 3.05) is 13.2 Å². The van der Waals surface area contributed by atoms with Gasteiger partial charge in [-0.2, -0.15) is 0 Å². The Bertz CT molecular complexity index is 307. The Labute approximate surface area is 102 Å². The Kier molecular flexibility index (Phi) is 7.14. The van der Waals surface area contributed by atoms with Crippen LogP contribution >= 0.6 is 11.3 Å². The highest BCUT2D eigenvalue weighted by Crippen LogP contribution is 2.17. The summed E-state index contributed by atoms with van der Waals surface area (Å²) in [6.45, 7) is 7.69. The molecule has 0 spiro atoms. The highest BCUT2D eigenvalue weighted by atomic mass is 32.1. The Morgan fingerprint density at radius 2 is 2.19 bits per heavy atom. The number of rotatable bonds is 8. The monoisotopic (exact) mass is 239 g/mol. The van der Waals surface area contributed by atoms with Crippen molar-refractivity contribution in [3.05, 3.63) is 34.0 Å². The van der Waals surface area contributed by atoms with E-state index in [0.717, 1.165) is 19.7 Å². The van der Waals surface area contributed by atoms with Crippen LogP contribution in [0.15, 0.2) is 24.3 Å². The average molecular weight is 239 g/mol. The summed E-state index contributed by atoms with van der Waals surface area (Å²) in [5, 5.41) is 3.40. The summed E-state index contributed by atoms with van der Waals surface area (Å²) in [5.74, 6) is 0. The van der Waals surface area contributed by atoms with Crippen molar-refractivity contribution in [2.24, 2.45) is 0 Å². The number of hydrogen-bond acceptors (Lipinski definition) is 3. The van der Waals surface area contributed by atoms with Gasteiger partial charge < -0.3 is 10.1 Å². The zero-order valence-corrected chi connectivity index (χ0v) is 11.0. The van der Waals surface area contributed by atoms with E-state index >= 15 is 0 Å². The van der Waals surface area contributed by atoms with Gasteiger partial charge in [0.2, 0.25) is 0 Å². The fourth-order valence-electron chi connectivity index (χ4n) is 1.31. The first-order valence-electron chi connectivity index (χ1n) is 5.84. The second-order valence-corrected chi connectivity index (χ2v) is 4.88. The quantitative estimate of drug-likeness (QED) is 0.555. The van der Waals surface area contributed by atoms with E-state index in [2.05, 4.69) is 24.4 Å². The van der Waals surface area contributed by atoms with Gasteiger partial charge in [0.05, 0.1) is 13.2 Å². The lowest BCUT2D eigenvalue weighted by Gasteiger charge is -1.99. The Balaban J connectivity index is 2.22. The molecule has 0 bridgehead atoms. The topological polar surface area (TPSA) is 21.3 Å². The number of thiophene rings is 1. The van der Waals surface area contributed by atoms with Crippen molar-refractivity contribution in [1.29, 1.82) is 0 Å². The fraction of sp³-hybridized carbons (Fsp3) is 0.538. The maximum atomic E-state index is 5.50. The maximum absolute atomic E-state index is 5.50. The van der Waals surface area contributed by atoms with Crippen LogP contribution in [0, 0.1) is 0 Å². The van der Waals surface area contributed by atoms with Gasteiger partial charge in [-0.25, -0.2) is 0 Å². The molecular weight excluding hydrogens is 218 g/mol. The van der Waals surface area contributed by atoms with Crippen molar-refractivity contribution in [3.8, 4) is 0 Å². The first-order valence-corrected chi connectivity index (χ1v) is 6.65. The van der Waals surface area contributed by atoms with E-state index in [-0.39, 0.29) is 0 Å². The summed E-state index contributed by atoms with van der Waals surface area (Å²) >= 11 is 1.83. The molecule has 0 amide bonds. The van der Waals surface area contributed by atoms with Crippen molar-refractivity contribution >= 4 is 11.3 Å². The molecule has 1 heterocycles. The summed E-state index contributed by atoms with van der Waals surface area (Å²) in [7, 11) is 0. The van der Waals surface area contributed by atoms with Crippen molar-refractivity contribution in [3.63, 3.8) is 0 Å². The summed E-state index contributed by atoms with van der Waals surface area (Å²) < 4.78 is 5.50. The zero-order valence-electron chi connectivity index (χ0n) is 10.2. The van der Waals surface area contributed by atoms with Crippen LogP contribution in [0.25, 0.3) is 0 Å². The summed E-state index contributed by atoms with van der Waals surface area (Å²) in [4.78, 5) is 2.69. The van der Waals surface area contributed by atoms with Crippen LogP contribution in [0.2, 0.25) is 0 Å². The van der Waals surface area contributed by atoms with Crippen LogP contribution < -0.4 is 5.32 Å². The van der Waals surface area contributed by atoms with E-state index in [1.165, 1.54) is 16.2 Å². The normalized spacial score (nSPS) is 11.4. The van der Waals surface area contributed by atoms with E-state index in [1.54, 1.807) is 0 Å². The molecule has 0 unspecified atom stereocenters. The average Bonchev–Trinajstić information content (AvgIpc) is 2.73. The van der Waals surface area contributed by atoms with Crippen LogP contribution in [0.3, 0.4) is 0 Å². The molecule has 1 N–H and O–H groups in total. The van der Waals surface area contributed by atoms with Gasteiger partial charge in [-0.15, -0.1) is 11.3 Å². The minimum atomic E-state index is 0.706. The van der Waals surface area contributed by atoms with Crippen LogP contribution in [-0.2, 0) is 17.9 Å². The van der Waals surface area contributed by atoms with Gasteiger partial charge in [-0.1, -0.05) is 19.1 Å². The number of nitrogens with one attached hydrogen (secondary N) is 1. The number of ether oxygens (including phenoxy) is 1. The first-order chi connectivity index (χ1) is 7.86. The third-order valence-electron chi connectivity index (χ3n) is 2.14. The minimum absolute atomic E-state index is 0.706. The lowest BCUT2D eigenvalue weighted by atomic mass is 10.4. The van der Waals surface area contributed by atoms with Gasteiger partial charge in [0, 0.05) is 16.3 Å². The van der Waals surface area contributed by atoms with Crippen LogP contribution in [0.5, 0.6) is 0 Å². The van der Waals surface area contributed by atoms with Crippen LogP contribution in [0.4, 0.5) is 0 Å². The van der Waals surface area contributed by atoms with Gasteiger partial charge in [0.25, 0.3) is 0 Å². The molecule has 1 aromatic rings. The number of hydrogen-bond donors (Lipinski definition) is 1. The Morgan fingerprint density at radius 3 is 2.94 bits per heavy atom. The van der Waals surface area contributed by atoms with E-state index < -0.39 is 0 Å². The first kappa shape index (κ1) is 13.4. The van der Waals surface area contributed by atoms with Crippen molar-refractivity contribution < 1.29 is 4.74 Å². The lowest BCUT2D eigenvalue weighted by Crippen LogP contribution is -2.12. The zero-order chi connectivity index (χ0) is 11.6. The molecule has 0 saturated heterocycles. The molecule has 1 rings (SSSR count). The summed E-state index contributed by atoms with van der Waals surface area (Å²) in [6, 6.07) is 4.34. The highest BCUT2D eigenvalue weighted by molar-refractivity contribution is 7.11. The molecule has 0 radical (unpaired) electrons. The fourth-order valence-corrected chi connectivity index (χ4v) is 2.23. The predicted molar refractivity (Wildman–Crippen MR) is 70.8 cm³/mol. The second kappa shape index (κ2) is 8.50. The van der Waals surface area contributed by atoms with Crippen LogP contribution in [0.1, 0.15) is 30.0 Å². The third-order valence-corrected chi connectivity index (χ3v) is 3.20. The largest absolute Gasteiger partial charge is 0.372 e. The van der Waals surface area contributed by atoms with E-state index in [4.69, 9.17) is 4.74 Å². The standard InChI is InChI=1S/C13H21NOS/c1-3-5-9-15-11-13-7-6-12(16-13)10-14-8-4-2/h3,5-7,14H,4,8-11H2,1-2H3/b5-3+. The van der Waals surface area contributed by atoms with E-state index in [1.807, 2.05) is 30.4 Å². The molecule has 0 aliphatic carbocycles. The molecular formula is C13H21NOS. The van der Waals surface area contributed by atoms with Crippen molar-refractivity contribution in [2.45, 2.75) is 33.4 Å². The molecule has 16 heavy (non-hydrogen) atoms. The summed E-state index contributed by atoms with van der Waals surface area (Å²) in [6.07, 6.45) is 5.22. The molecule has 0 aliphatic heterocycles. The van der Waals surface area contributed by atoms with Gasteiger partial charge in [0.1, 0.15) is 0 Å². The highest BCUT2D eigenvalue weighted by Gasteiger charge is 1.99. The molecule has 0 aromatic carbocycles. The molecule has 0 fully saturated rings. The van der Waals surface area contributed by atoms with Gasteiger partial charge in [-0.3, -0.25) is 0 Å². The predicted octanol–water partition coefficient (Wildman–Crippen LogP) is 3.34. The molecule has 1 aromatic heterocycles. The molecule has 3 heteroatoms. The Hall–Kier alpha value is -0.640. The van der Waals surface area contributed by atoms with E-state index in [9.17, 15) is 0 Å². The molecule has 2 nitrogen and oxygen atoms in total. The smallest absolute Gasteiger partial charge is 0.0813 e. The minimum Gasteiger partial charge on any atom is -0.372 e.